The molecule has 0 aliphatic rings. The van der Waals surface area contributed by atoms with Crippen LogP contribution in [0, 0.1) is 0 Å². The zero-order chi connectivity index (χ0) is 11.5. The van der Waals surface area contributed by atoms with Gasteiger partial charge in [-0.05, 0) is 31.5 Å². The van der Waals surface area contributed by atoms with Crippen LogP contribution in [0.3, 0.4) is 0 Å². The lowest BCUT2D eigenvalue weighted by Crippen LogP contribution is -2.17. The van der Waals surface area contributed by atoms with Crippen LogP contribution in [-0.4, -0.2) is 7.11 Å². The number of ether oxygens (including phenoxy) is 1. The van der Waals surface area contributed by atoms with E-state index in [1.165, 1.54) is 0 Å². The lowest BCUT2D eigenvalue weighted by Gasteiger charge is -2.22. The molecule has 0 amide bonds. The Labute approximate surface area is 90.7 Å². The van der Waals surface area contributed by atoms with E-state index < -0.39 is 5.60 Å². The maximum Gasteiger partial charge on any atom is 0.328 e. The molecule has 15 heavy (non-hydrogen) atoms. The van der Waals surface area contributed by atoms with Crippen LogP contribution in [0.2, 0.25) is 0 Å². The highest BCUT2D eigenvalue weighted by Gasteiger charge is 2.22. The molecule has 0 unspecified atom stereocenters. The highest BCUT2D eigenvalue weighted by atomic mass is 31.1. The molecule has 5 heteroatoms. The van der Waals surface area contributed by atoms with Gasteiger partial charge in [-0.3, -0.25) is 4.52 Å². The van der Waals surface area contributed by atoms with Crippen molar-refractivity contribution in [2.75, 3.05) is 12.8 Å². The lowest BCUT2D eigenvalue weighted by atomic mass is 9.98. The van der Waals surface area contributed by atoms with Crippen molar-refractivity contribution >= 4 is 14.4 Å². The Hall–Kier alpha value is -1.12. The summed E-state index contributed by atoms with van der Waals surface area (Å²) in [7, 11) is 1.20. The summed E-state index contributed by atoms with van der Waals surface area (Å²) < 4.78 is 20.6. The summed E-state index contributed by atoms with van der Waals surface area (Å²) in [5.74, 6) is 0.590. The van der Waals surface area contributed by atoms with E-state index in [0.29, 0.717) is 11.4 Å². The van der Waals surface area contributed by atoms with E-state index in [0.717, 1.165) is 5.56 Å². The number of anilines is 1. The highest BCUT2D eigenvalue weighted by Crippen LogP contribution is 2.33. The SMILES string of the molecule is COc1cc(C(C)(C)OP=O)ccc1N. The van der Waals surface area contributed by atoms with Gasteiger partial charge in [-0.15, -0.1) is 0 Å². The molecule has 0 heterocycles. The van der Waals surface area contributed by atoms with E-state index >= 15 is 0 Å². The van der Waals surface area contributed by atoms with Gasteiger partial charge in [-0.2, -0.15) is 0 Å². The van der Waals surface area contributed by atoms with E-state index in [4.69, 9.17) is 15.0 Å². The van der Waals surface area contributed by atoms with Gasteiger partial charge < -0.3 is 10.5 Å². The zero-order valence-corrected chi connectivity index (χ0v) is 9.88. The van der Waals surface area contributed by atoms with Crippen molar-refractivity contribution in [3.05, 3.63) is 23.8 Å². The number of hydrogen-bond donors (Lipinski definition) is 1. The Morgan fingerprint density at radius 2 is 2.07 bits per heavy atom. The molecule has 0 aliphatic carbocycles. The van der Waals surface area contributed by atoms with Crippen LogP contribution < -0.4 is 10.5 Å². The van der Waals surface area contributed by atoms with Crippen LogP contribution in [0.15, 0.2) is 18.2 Å². The monoisotopic (exact) mass is 227 g/mol. The zero-order valence-electron chi connectivity index (χ0n) is 8.98. The number of methoxy groups -OCH3 is 1. The van der Waals surface area contributed by atoms with Gasteiger partial charge in [0.25, 0.3) is 0 Å². The number of benzene rings is 1. The highest BCUT2D eigenvalue weighted by molar-refractivity contribution is 7.17. The van der Waals surface area contributed by atoms with Crippen LogP contribution in [0.4, 0.5) is 5.69 Å². The van der Waals surface area contributed by atoms with Gasteiger partial charge >= 0.3 is 8.69 Å². The Bertz CT molecular complexity index is 366. The molecule has 1 rings (SSSR count). The second kappa shape index (κ2) is 4.60. The minimum absolute atomic E-state index is 0.347. The van der Waals surface area contributed by atoms with E-state index in [1.807, 2.05) is 19.9 Å². The summed E-state index contributed by atoms with van der Waals surface area (Å²) in [6.45, 7) is 3.64. The van der Waals surface area contributed by atoms with Crippen molar-refractivity contribution in [2.24, 2.45) is 0 Å². The fourth-order valence-electron chi connectivity index (χ4n) is 1.23. The Morgan fingerprint density at radius 3 is 2.60 bits per heavy atom. The van der Waals surface area contributed by atoms with Crippen molar-refractivity contribution in [3.8, 4) is 5.75 Å². The molecule has 0 radical (unpaired) electrons. The third-order valence-electron chi connectivity index (χ3n) is 2.19. The third kappa shape index (κ3) is 2.67. The van der Waals surface area contributed by atoms with Crippen LogP contribution >= 0.6 is 8.69 Å². The van der Waals surface area contributed by atoms with Gasteiger partial charge in [-0.25, -0.2) is 4.57 Å². The van der Waals surface area contributed by atoms with E-state index in [2.05, 4.69) is 0 Å². The maximum absolute atomic E-state index is 10.4. The predicted molar refractivity (Wildman–Crippen MR) is 59.1 cm³/mol. The predicted octanol–water partition coefficient (Wildman–Crippen LogP) is 2.74. The number of nitrogen functional groups attached to an aromatic ring is 1. The Balaban J connectivity index is 3.10. The molecule has 0 saturated heterocycles. The standard InChI is InChI=1S/C10H14NO3P/c1-10(2,14-15-12)7-4-5-8(11)9(6-7)13-3/h4-6H,11H2,1-3H3. The molecule has 0 saturated carbocycles. The molecule has 0 aliphatic heterocycles. The summed E-state index contributed by atoms with van der Waals surface area (Å²) in [5.41, 5.74) is 6.48. The minimum atomic E-state index is -0.635. The smallest absolute Gasteiger partial charge is 0.328 e. The molecule has 2 N–H and O–H groups in total. The first-order chi connectivity index (χ1) is 7.01. The Kier molecular flexibility index (Phi) is 3.66. The van der Waals surface area contributed by atoms with E-state index in [-0.39, 0.29) is 8.69 Å². The first-order valence-electron chi connectivity index (χ1n) is 4.46. The summed E-state index contributed by atoms with van der Waals surface area (Å²) in [6.07, 6.45) is 0. The van der Waals surface area contributed by atoms with Crippen LogP contribution in [0.5, 0.6) is 5.75 Å². The van der Waals surface area contributed by atoms with Gasteiger partial charge in [0.1, 0.15) is 11.4 Å². The van der Waals surface area contributed by atoms with Crippen molar-refractivity contribution < 1.29 is 13.8 Å². The van der Waals surface area contributed by atoms with Gasteiger partial charge in [0, 0.05) is 0 Å². The molecule has 0 atom stereocenters. The molecule has 0 fully saturated rings. The first-order valence-corrected chi connectivity index (χ1v) is 5.19. The van der Waals surface area contributed by atoms with Crippen molar-refractivity contribution in [1.82, 2.24) is 0 Å². The number of nitrogens with two attached hydrogens (primary N) is 1. The van der Waals surface area contributed by atoms with Crippen molar-refractivity contribution in [2.45, 2.75) is 19.4 Å². The normalized spacial score (nSPS) is 11.7. The fraction of sp³-hybridized carbons (Fsp3) is 0.400. The van der Waals surface area contributed by atoms with E-state index in [9.17, 15) is 4.57 Å². The van der Waals surface area contributed by atoms with E-state index in [1.54, 1.807) is 19.2 Å². The summed E-state index contributed by atoms with van der Waals surface area (Å²) in [5, 5.41) is 0. The molecular weight excluding hydrogens is 213 g/mol. The van der Waals surface area contributed by atoms with Crippen LogP contribution in [-0.2, 0) is 14.7 Å². The Morgan fingerprint density at radius 1 is 1.40 bits per heavy atom. The summed E-state index contributed by atoms with van der Waals surface area (Å²) >= 11 is 0. The second-order valence-corrected chi connectivity index (χ2v) is 3.96. The molecular formula is C10H14NO3P. The molecule has 0 spiro atoms. The van der Waals surface area contributed by atoms with Gasteiger partial charge in [0.05, 0.1) is 12.8 Å². The van der Waals surface area contributed by atoms with Gasteiger partial charge in [-0.1, -0.05) is 6.07 Å². The van der Waals surface area contributed by atoms with Crippen LogP contribution in [0.25, 0.3) is 0 Å². The number of hydrogen-bond acceptors (Lipinski definition) is 4. The molecule has 0 aromatic heterocycles. The van der Waals surface area contributed by atoms with Crippen molar-refractivity contribution in [1.29, 1.82) is 0 Å². The largest absolute Gasteiger partial charge is 0.495 e. The molecule has 1 aromatic rings. The quantitative estimate of drug-likeness (QED) is 0.634. The fourth-order valence-corrected chi connectivity index (χ4v) is 1.52. The topological polar surface area (TPSA) is 61.5 Å². The average molecular weight is 227 g/mol. The van der Waals surface area contributed by atoms with Gasteiger partial charge in [0.15, 0.2) is 0 Å². The minimum Gasteiger partial charge on any atom is -0.495 e. The first kappa shape index (κ1) is 12.0. The number of rotatable bonds is 4. The van der Waals surface area contributed by atoms with Crippen molar-refractivity contribution in [3.63, 3.8) is 0 Å². The third-order valence-corrected chi connectivity index (χ3v) is 2.73. The molecule has 0 bridgehead atoms. The lowest BCUT2D eigenvalue weighted by molar-refractivity contribution is 0.127. The summed E-state index contributed by atoms with van der Waals surface area (Å²) in [4.78, 5) is 0. The average Bonchev–Trinajstić information content (AvgIpc) is 2.18. The molecule has 4 nitrogen and oxygen atoms in total. The van der Waals surface area contributed by atoms with Crippen LogP contribution in [0.1, 0.15) is 19.4 Å². The van der Waals surface area contributed by atoms with Gasteiger partial charge in [0.2, 0.25) is 0 Å². The maximum atomic E-state index is 10.4. The molecule has 82 valence electrons. The molecule has 1 aromatic carbocycles. The second-order valence-electron chi connectivity index (χ2n) is 3.63. The summed E-state index contributed by atoms with van der Waals surface area (Å²) in [6, 6.07) is 5.34.